The molecule has 3 nitrogen and oxygen atoms in total. The fraction of sp³-hybridized carbons (Fsp3) is 0.182. The lowest BCUT2D eigenvalue weighted by Crippen LogP contribution is -2.01. The Bertz CT molecular complexity index is 470. The van der Waals surface area contributed by atoms with Crippen LogP contribution in [-0.2, 0) is 6.54 Å². The van der Waals surface area contributed by atoms with E-state index in [2.05, 4.69) is 15.6 Å². The molecule has 16 heavy (non-hydrogen) atoms. The Balaban J connectivity index is 1.99. The van der Waals surface area contributed by atoms with E-state index in [-0.39, 0.29) is 0 Å². The van der Waals surface area contributed by atoms with Crippen molar-refractivity contribution < 1.29 is 0 Å². The third-order valence-corrected chi connectivity index (χ3v) is 3.31. The third-order valence-electron chi connectivity index (χ3n) is 2.08. The lowest BCUT2D eigenvalue weighted by atomic mass is 10.4. The highest BCUT2D eigenvalue weighted by molar-refractivity contribution is 7.16. The molecule has 0 amide bonds. The number of nitrogens with zero attached hydrogens (tertiary/aromatic N) is 1. The normalized spacial score (nSPS) is 10.1. The summed E-state index contributed by atoms with van der Waals surface area (Å²) in [6.07, 6.45) is 0. The zero-order valence-electron chi connectivity index (χ0n) is 8.83. The van der Waals surface area contributed by atoms with Crippen LogP contribution >= 0.6 is 22.9 Å². The maximum Gasteiger partial charge on any atom is 0.128 e. The van der Waals surface area contributed by atoms with Gasteiger partial charge in [-0.2, -0.15) is 0 Å². The second-order valence-electron chi connectivity index (χ2n) is 3.22. The molecular weight excluding hydrogens is 242 g/mol. The van der Waals surface area contributed by atoms with Crippen molar-refractivity contribution >= 4 is 34.6 Å². The third kappa shape index (κ3) is 2.87. The molecule has 0 aromatic carbocycles. The van der Waals surface area contributed by atoms with E-state index in [4.69, 9.17) is 11.6 Å². The molecule has 2 rings (SSSR count). The van der Waals surface area contributed by atoms with Crippen molar-refractivity contribution in [2.75, 3.05) is 17.7 Å². The highest BCUT2D eigenvalue weighted by Gasteiger charge is 1.99. The summed E-state index contributed by atoms with van der Waals surface area (Å²) in [5.41, 5.74) is 0. The van der Waals surface area contributed by atoms with Crippen LogP contribution in [0.15, 0.2) is 30.3 Å². The molecule has 0 radical (unpaired) electrons. The van der Waals surface area contributed by atoms with Gasteiger partial charge in [0.15, 0.2) is 0 Å². The summed E-state index contributed by atoms with van der Waals surface area (Å²) in [6, 6.07) is 9.74. The van der Waals surface area contributed by atoms with Gasteiger partial charge >= 0.3 is 0 Å². The molecule has 0 fully saturated rings. The predicted octanol–water partition coefficient (Wildman–Crippen LogP) is 3.45. The van der Waals surface area contributed by atoms with Gasteiger partial charge in [0, 0.05) is 11.9 Å². The largest absolute Gasteiger partial charge is 0.373 e. The van der Waals surface area contributed by atoms with E-state index in [1.54, 1.807) is 11.3 Å². The molecule has 0 aliphatic carbocycles. The summed E-state index contributed by atoms with van der Waals surface area (Å²) < 4.78 is 0.814. The maximum atomic E-state index is 5.85. The zero-order valence-corrected chi connectivity index (χ0v) is 10.4. The average Bonchev–Trinajstić information content (AvgIpc) is 2.73. The first kappa shape index (κ1) is 11.2. The first-order valence-electron chi connectivity index (χ1n) is 4.91. The van der Waals surface area contributed by atoms with Crippen molar-refractivity contribution in [1.82, 2.24) is 4.98 Å². The van der Waals surface area contributed by atoms with E-state index in [0.717, 1.165) is 22.5 Å². The quantitative estimate of drug-likeness (QED) is 0.876. The molecule has 0 unspecified atom stereocenters. The number of thiophene rings is 1. The van der Waals surface area contributed by atoms with Gasteiger partial charge < -0.3 is 10.6 Å². The van der Waals surface area contributed by atoms with Crippen LogP contribution < -0.4 is 10.6 Å². The Labute approximate surface area is 103 Å². The summed E-state index contributed by atoms with van der Waals surface area (Å²) >= 11 is 7.43. The summed E-state index contributed by atoms with van der Waals surface area (Å²) in [5.74, 6) is 1.71. The Morgan fingerprint density at radius 1 is 1.25 bits per heavy atom. The van der Waals surface area contributed by atoms with Gasteiger partial charge in [-0.3, -0.25) is 0 Å². The van der Waals surface area contributed by atoms with Gasteiger partial charge in [-0.05, 0) is 24.3 Å². The zero-order chi connectivity index (χ0) is 11.4. The molecule has 2 aromatic rings. The van der Waals surface area contributed by atoms with Gasteiger partial charge in [-0.25, -0.2) is 4.98 Å². The number of halogens is 1. The van der Waals surface area contributed by atoms with Gasteiger partial charge in [0.25, 0.3) is 0 Å². The van der Waals surface area contributed by atoms with Crippen LogP contribution in [-0.4, -0.2) is 12.0 Å². The lowest BCUT2D eigenvalue weighted by Gasteiger charge is -2.05. The molecule has 0 saturated carbocycles. The summed E-state index contributed by atoms with van der Waals surface area (Å²) in [7, 11) is 1.85. The molecule has 84 valence electrons. The molecule has 5 heteroatoms. The molecule has 0 spiro atoms. The van der Waals surface area contributed by atoms with Crippen LogP contribution in [0, 0.1) is 0 Å². The summed E-state index contributed by atoms with van der Waals surface area (Å²) in [6.45, 7) is 0.748. The lowest BCUT2D eigenvalue weighted by molar-refractivity contribution is 1.14. The van der Waals surface area contributed by atoms with Crippen molar-refractivity contribution in [3.63, 3.8) is 0 Å². The van der Waals surface area contributed by atoms with Crippen molar-refractivity contribution in [2.45, 2.75) is 6.54 Å². The molecule has 0 bridgehead atoms. The molecule has 2 aromatic heterocycles. The minimum atomic E-state index is 0.748. The second-order valence-corrected chi connectivity index (χ2v) is 5.02. The highest BCUT2D eigenvalue weighted by Crippen LogP contribution is 2.22. The van der Waals surface area contributed by atoms with Crippen LogP contribution in [0.5, 0.6) is 0 Å². The molecule has 0 saturated heterocycles. The van der Waals surface area contributed by atoms with Crippen LogP contribution in [0.1, 0.15) is 4.88 Å². The second kappa shape index (κ2) is 5.18. The van der Waals surface area contributed by atoms with Crippen molar-refractivity contribution in [3.05, 3.63) is 39.5 Å². The Hall–Kier alpha value is -1.26. The number of hydrogen-bond donors (Lipinski definition) is 2. The van der Waals surface area contributed by atoms with E-state index in [9.17, 15) is 0 Å². The van der Waals surface area contributed by atoms with Crippen LogP contribution in [0.25, 0.3) is 0 Å². The van der Waals surface area contributed by atoms with Crippen LogP contribution in [0.2, 0.25) is 4.34 Å². The number of pyridine rings is 1. The fourth-order valence-corrected chi connectivity index (χ4v) is 2.32. The first-order chi connectivity index (χ1) is 7.78. The number of anilines is 2. The topological polar surface area (TPSA) is 37.0 Å². The van der Waals surface area contributed by atoms with Crippen molar-refractivity contribution in [1.29, 1.82) is 0 Å². The Kier molecular flexibility index (Phi) is 3.64. The average molecular weight is 254 g/mol. The van der Waals surface area contributed by atoms with E-state index in [1.807, 2.05) is 37.4 Å². The smallest absolute Gasteiger partial charge is 0.128 e. The number of nitrogens with one attached hydrogen (secondary N) is 2. The summed E-state index contributed by atoms with van der Waals surface area (Å²) in [4.78, 5) is 5.56. The Morgan fingerprint density at radius 2 is 2.06 bits per heavy atom. The van der Waals surface area contributed by atoms with E-state index < -0.39 is 0 Å². The highest BCUT2D eigenvalue weighted by atomic mass is 35.5. The standard InChI is InChI=1S/C11H12ClN3S/c1-13-10-3-2-4-11(15-10)14-7-8-5-6-9(12)16-8/h2-6H,7H2,1H3,(H2,13,14,15). The monoisotopic (exact) mass is 253 g/mol. The molecule has 0 atom stereocenters. The molecule has 0 aliphatic heterocycles. The molecule has 2 heterocycles. The Morgan fingerprint density at radius 3 is 2.75 bits per heavy atom. The number of rotatable bonds is 4. The number of aromatic nitrogens is 1. The van der Waals surface area contributed by atoms with Gasteiger partial charge in [0.2, 0.25) is 0 Å². The van der Waals surface area contributed by atoms with Crippen LogP contribution in [0.4, 0.5) is 11.6 Å². The van der Waals surface area contributed by atoms with Gasteiger partial charge in [0.05, 0.1) is 10.9 Å². The fourth-order valence-electron chi connectivity index (χ4n) is 1.30. The van der Waals surface area contributed by atoms with Crippen LogP contribution in [0.3, 0.4) is 0 Å². The number of hydrogen-bond acceptors (Lipinski definition) is 4. The van der Waals surface area contributed by atoms with Gasteiger partial charge in [-0.15, -0.1) is 11.3 Å². The predicted molar refractivity (Wildman–Crippen MR) is 70.4 cm³/mol. The van der Waals surface area contributed by atoms with E-state index in [0.29, 0.717) is 0 Å². The minimum absolute atomic E-state index is 0.748. The van der Waals surface area contributed by atoms with Crippen molar-refractivity contribution in [3.8, 4) is 0 Å². The van der Waals surface area contributed by atoms with Gasteiger partial charge in [0.1, 0.15) is 11.6 Å². The molecule has 2 N–H and O–H groups in total. The molecule has 0 aliphatic rings. The van der Waals surface area contributed by atoms with E-state index >= 15 is 0 Å². The first-order valence-corrected chi connectivity index (χ1v) is 6.10. The summed E-state index contributed by atoms with van der Waals surface area (Å²) in [5, 5.41) is 6.25. The maximum absolute atomic E-state index is 5.85. The minimum Gasteiger partial charge on any atom is -0.373 e. The molecular formula is C11H12ClN3S. The van der Waals surface area contributed by atoms with Gasteiger partial charge in [-0.1, -0.05) is 17.7 Å². The SMILES string of the molecule is CNc1cccc(NCc2ccc(Cl)s2)n1. The van der Waals surface area contributed by atoms with Crippen molar-refractivity contribution in [2.24, 2.45) is 0 Å². The van der Waals surface area contributed by atoms with E-state index in [1.165, 1.54) is 4.88 Å².